The number of amides is 1. The molecule has 1 aliphatic carbocycles. The molecule has 0 heterocycles. The van der Waals surface area contributed by atoms with Gasteiger partial charge < -0.3 is 15.2 Å². The highest BCUT2D eigenvalue weighted by Gasteiger charge is 2.29. The fourth-order valence-corrected chi connectivity index (χ4v) is 2.29. The second-order valence-electron chi connectivity index (χ2n) is 5.89. The molecule has 0 saturated heterocycles. The minimum absolute atomic E-state index is 0.137. The molecule has 4 nitrogen and oxygen atoms in total. The molecule has 1 amide bonds. The number of alkyl carbamates (subject to hydrolysis) is 1. The van der Waals surface area contributed by atoms with Crippen LogP contribution in [0.4, 0.5) is 4.79 Å². The molecule has 0 aromatic rings. The fraction of sp³-hybridized carbons (Fsp3) is 0.923. The lowest BCUT2D eigenvalue weighted by molar-refractivity contribution is 0.0343. The summed E-state index contributed by atoms with van der Waals surface area (Å²) in [5.74, 6) is 0.295. The van der Waals surface area contributed by atoms with Gasteiger partial charge >= 0.3 is 6.09 Å². The van der Waals surface area contributed by atoms with Crippen LogP contribution in [0.15, 0.2) is 0 Å². The van der Waals surface area contributed by atoms with E-state index in [2.05, 4.69) is 12.2 Å². The lowest BCUT2D eigenvalue weighted by Gasteiger charge is -2.33. The third-order valence-corrected chi connectivity index (χ3v) is 3.19. The first kappa shape index (κ1) is 14.3. The minimum Gasteiger partial charge on any atom is -0.444 e. The number of carbonyl (C=O) groups excluding carboxylic acids is 1. The van der Waals surface area contributed by atoms with E-state index in [0.717, 1.165) is 25.7 Å². The van der Waals surface area contributed by atoms with Gasteiger partial charge in [0.05, 0.1) is 6.10 Å². The molecule has 4 heteroatoms. The van der Waals surface area contributed by atoms with Gasteiger partial charge in [0.25, 0.3) is 0 Å². The Kier molecular flexibility index (Phi) is 4.80. The maximum absolute atomic E-state index is 11.6. The number of hydrogen-bond acceptors (Lipinski definition) is 3. The Morgan fingerprint density at radius 2 is 2.06 bits per heavy atom. The molecule has 100 valence electrons. The Morgan fingerprint density at radius 3 is 2.59 bits per heavy atom. The highest BCUT2D eigenvalue weighted by Crippen LogP contribution is 2.27. The maximum Gasteiger partial charge on any atom is 0.407 e. The highest BCUT2D eigenvalue weighted by molar-refractivity contribution is 5.68. The van der Waals surface area contributed by atoms with Gasteiger partial charge in [-0.3, -0.25) is 0 Å². The third-order valence-electron chi connectivity index (χ3n) is 3.19. The quantitative estimate of drug-likeness (QED) is 0.783. The zero-order valence-corrected chi connectivity index (χ0v) is 11.3. The normalized spacial score (nSPS) is 29.8. The van der Waals surface area contributed by atoms with Crippen molar-refractivity contribution >= 4 is 6.09 Å². The Labute approximate surface area is 104 Å². The second-order valence-corrected chi connectivity index (χ2v) is 5.89. The summed E-state index contributed by atoms with van der Waals surface area (Å²) in [6.45, 7) is 7.63. The van der Waals surface area contributed by atoms with Crippen molar-refractivity contribution < 1.29 is 14.6 Å². The predicted octanol–water partition coefficient (Wildman–Crippen LogP) is 2.45. The summed E-state index contributed by atoms with van der Waals surface area (Å²) in [5.41, 5.74) is -0.456. The molecule has 1 rings (SSSR count). The average molecular weight is 243 g/mol. The van der Waals surface area contributed by atoms with Crippen LogP contribution in [0.3, 0.4) is 0 Å². The van der Waals surface area contributed by atoms with E-state index in [4.69, 9.17) is 4.74 Å². The molecule has 3 atom stereocenters. The zero-order chi connectivity index (χ0) is 13.1. The Balaban J connectivity index is 2.40. The second kappa shape index (κ2) is 5.71. The number of aliphatic hydroxyl groups excluding tert-OH is 1. The van der Waals surface area contributed by atoms with Crippen LogP contribution in [-0.2, 0) is 4.74 Å². The van der Waals surface area contributed by atoms with Gasteiger partial charge in [0.15, 0.2) is 0 Å². The third kappa shape index (κ3) is 4.94. The van der Waals surface area contributed by atoms with Gasteiger partial charge in [0.1, 0.15) is 5.60 Å². The number of rotatable bonds is 2. The van der Waals surface area contributed by atoms with Crippen molar-refractivity contribution in [3.05, 3.63) is 0 Å². The van der Waals surface area contributed by atoms with Crippen LogP contribution < -0.4 is 5.32 Å². The standard InChI is InChI=1S/C13H25NO3/c1-5-9-8-10(6-7-11(9)15)14-12(16)17-13(2,3)4/h9-11,15H,5-8H2,1-4H3,(H,14,16)/t9-,10+,11-/m1/s1. The summed E-state index contributed by atoms with van der Waals surface area (Å²) in [6.07, 6.45) is 2.82. The van der Waals surface area contributed by atoms with E-state index in [1.54, 1.807) is 0 Å². The molecule has 0 aliphatic heterocycles. The van der Waals surface area contributed by atoms with Gasteiger partial charge in [-0.15, -0.1) is 0 Å². The molecular formula is C13H25NO3. The predicted molar refractivity (Wildman–Crippen MR) is 66.8 cm³/mol. The first-order valence-corrected chi connectivity index (χ1v) is 6.49. The Bertz CT molecular complexity index is 260. The summed E-state index contributed by atoms with van der Waals surface area (Å²) < 4.78 is 5.22. The molecule has 1 aliphatic rings. The number of aliphatic hydroxyl groups is 1. The van der Waals surface area contributed by atoms with Crippen LogP contribution >= 0.6 is 0 Å². The van der Waals surface area contributed by atoms with Crippen molar-refractivity contribution in [1.29, 1.82) is 0 Å². The van der Waals surface area contributed by atoms with Crippen molar-refractivity contribution in [3.8, 4) is 0 Å². The number of hydrogen-bond donors (Lipinski definition) is 2. The molecule has 0 unspecified atom stereocenters. The lowest BCUT2D eigenvalue weighted by Crippen LogP contribution is -2.44. The van der Waals surface area contributed by atoms with E-state index in [0.29, 0.717) is 5.92 Å². The minimum atomic E-state index is -0.456. The SMILES string of the molecule is CC[C@@H]1C[C@@H](NC(=O)OC(C)(C)C)CC[C@H]1O. The molecule has 0 spiro atoms. The fourth-order valence-electron chi connectivity index (χ4n) is 2.29. The molecule has 0 aromatic heterocycles. The van der Waals surface area contributed by atoms with Gasteiger partial charge in [-0.2, -0.15) is 0 Å². The van der Waals surface area contributed by atoms with Gasteiger partial charge in [-0.05, 0) is 46.0 Å². The smallest absolute Gasteiger partial charge is 0.407 e. The van der Waals surface area contributed by atoms with Crippen molar-refractivity contribution in [1.82, 2.24) is 5.32 Å². The summed E-state index contributed by atoms with van der Waals surface area (Å²) in [7, 11) is 0. The van der Waals surface area contributed by atoms with Crippen LogP contribution in [0.2, 0.25) is 0 Å². The lowest BCUT2D eigenvalue weighted by atomic mass is 9.82. The van der Waals surface area contributed by atoms with Crippen LogP contribution in [0.1, 0.15) is 53.4 Å². The molecule has 2 N–H and O–H groups in total. The topological polar surface area (TPSA) is 58.6 Å². The number of carbonyl (C=O) groups is 1. The number of ether oxygens (including phenoxy) is 1. The molecule has 1 fully saturated rings. The van der Waals surface area contributed by atoms with Crippen molar-refractivity contribution in [2.24, 2.45) is 5.92 Å². The monoisotopic (exact) mass is 243 g/mol. The van der Waals surface area contributed by atoms with Crippen molar-refractivity contribution in [2.45, 2.75) is 71.1 Å². The van der Waals surface area contributed by atoms with Gasteiger partial charge in [-0.25, -0.2) is 4.79 Å². The van der Waals surface area contributed by atoms with E-state index in [1.165, 1.54) is 0 Å². The molecule has 0 bridgehead atoms. The van der Waals surface area contributed by atoms with Crippen LogP contribution in [-0.4, -0.2) is 28.9 Å². The summed E-state index contributed by atoms with van der Waals surface area (Å²) in [4.78, 5) is 11.6. The first-order valence-electron chi connectivity index (χ1n) is 6.49. The van der Waals surface area contributed by atoms with E-state index < -0.39 is 5.60 Å². The van der Waals surface area contributed by atoms with Crippen molar-refractivity contribution in [2.75, 3.05) is 0 Å². The first-order chi connectivity index (χ1) is 7.81. The number of nitrogens with one attached hydrogen (secondary N) is 1. The largest absolute Gasteiger partial charge is 0.444 e. The zero-order valence-electron chi connectivity index (χ0n) is 11.3. The summed E-state index contributed by atoms with van der Waals surface area (Å²) in [6, 6.07) is 0.137. The molecule has 0 radical (unpaired) electrons. The van der Waals surface area contributed by atoms with E-state index in [-0.39, 0.29) is 18.2 Å². The van der Waals surface area contributed by atoms with E-state index in [1.807, 2.05) is 20.8 Å². The van der Waals surface area contributed by atoms with E-state index in [9.17, 15) is 9.90 Å². The Morgan fingerprint density at radius 1 is 1.41 bits per heavy atom. The maximum atomic E-state index is 11.6. The van der Waals surface area contributed by atoms with Gasteiger partial charge in [-0.1, -0.05) is 13.3 Å². The highest BCUT2D eigenvalue weighted by atomic mass is 16.6. The van der Waals surface area contributed by atoms with Gasteiger partial charge in [0, 0.05) is 6.04 Å². The molecule has 1 saturated carbocycles. The summed E-state index contributed by atoms with van der Waals surface area (Å²) in [5, 5.41) is 12.7. The average Bonchev–Trinajstić information content (AvgIpc) is 2.18. The van der Waals surface area contributed by atoms with Gasteiger partial charge in [0.2, 0.25) is 0 Å². The van der Waals surface area contributed by atoms with E-state index >= 15 is 0 Å². The molecule has 0 aromatic carbocycles. The van der Waals surface area contributed by atoms with Crippen LogP contribution in [0, 0.1) is 5.92 Å². The van der Waals surface area contributed by atoms with Crippen LogP contribution in [0.25, 0.3) is 0 Å². The Hall–Kier alpha value is -0.770. The summed E-state index contributed by atoms with van der Waals surface area (Å²) >= 11 is 0. The molecule has 17 heavy (non-hydrogen) atoms. The van der Waals surface area contributed by atoms with Crippen molar-refractivity contribution in [3.63, 3.8) is 0 Å². The molecular weight excluding hydrogens is 218 g/mol. The van der Waals surface area contributed by atoms with Crippen LogP contribution in [0.5, 0.6) is 0 Å².